The first kappa shape index (κ1) is 13.3. The molecule has 5 nitrogen and oxygen atoms in total. The lowest BCUT2D eigenvalue weighted by Gasteiger charge is -2.27. The van der Waals surface area contributed by atoms with Crippen LogP contribution in [0.1, 0.15) is 19.8 Å². The van der Waals surface area contributed by atoms with E-state index >= 15 is 0 Å². The molecule has 0 aromatic carbocycles. The lowest BCUT2D eigenvalue weighted by Crippen LogP contribution is -2.44. The Bertz CT molecular complexity index is 192. The lowest BCUT2D eigenvalue weighted by molar-refractivity contribution is 0.230. The molecule has 5 heteroatoms. The van der Waals surface area contributed by atoms with Gasteiger partial charge >= 0.3 is 6.03 Å². The van der Waals surface area contributed by atoms with E-state index in [1.165, 1.54) is 0 Å². The number of piperazine rings is 1. The number of nitrogens with zero attached hydrogens (tertiary/aromatic N) is 1. The summed E-state index contributed by atoms with van der Waals surface area (Å²) in [7, 11) is 0. The Balaban J connectivity index is 1.92. The zero-order chi connectivity index (χ0) is 11.6. The smallest absolute Gasteiger partial charge is 0.314 e. The van der Waals surface area contributed by atoms with Crippen molar-refractivity contribution in [2.24, 2.45) is 0 Å². The van der Waals surface area contributed by atoms with Crippen LogP contribution in [0.25, 0.3) is 0 Å². The minimum Gasteiger partial charge on any atom is -0.338 e. The molecule has 0 radical (unpaired) electrons. The average molecular weight is 228 g/mol. The first-order valence-electron chi connectivity index (χ1n) is 6.27. The van der Waals surface area contributed by atoms with Crippen molar-refractivity contribution in [3.63, 3.8) is 0 Å². The average Bonchev–Trinajstić information content (AvgIpc) is 2.33. The van der Waals surface area contributed by atoms with Crippen LogP contribution in [0.15, 0.2) is 0 Å². The summed E-state index contributed by atoms with van der Waals surface area (Å²) < 4.78 is 0. The minimum absolute atomic E-state index is 0.0397. The maximum atomic E-state index is 11.2. The van der Waals surface area contributed by atoms with Gasteiger partial charge in [0.25, 0.3) is 0 Å². The molecule has 1 heterocycles. The van der Waals surface area contributed by atoms with Crippen molar-refractivity contribution in [1.82, 2.24) is 20.9 Å². The summed E-state index contributed by atoms with van der Waals surface area (Å²) in [6, 6.07) is -0.0397. The van der Waals surface area contributed by atoms with Crippen molar-refractivity contribution in [1.29, 1.82) is 0 Å². The molecular weight excluding hydrogens is 204 g/mol. The predicted octanol–water partition coefficient (Wildman–Crippen LogP) is -0.00910. The highest BCUT2D eigenvalue weighted by Crippen LogP contribution is 1.93. The molecular formula is C11H24N4O. The van der Waals surface area contributed by atoms with Crippen LogP contribution in [-0.2, 0) is 0 Å². The summed E-state index contributed by atoms with van der Waals surface area (Å²) in [4.78, 5) is 13.6. The predicted molar refractivity (Wildman–Crippen MR) is 65.6 cm³/mol. The second kappa shape index (κ2) is 8.35. The normalized spacial score (nSPS) is 17.1. The summed E-state index contributed by atoms with van der Waals surface area (Å²) in [5.41, 5.74) is 0. The van der Waals surface area contributed by atoms with E-state index in [1.54, 1.807) is 0 Å². The molecule has 0 atom stereocenters. The number of carbonyl (C=O) groups is 1. The maximum absolute atomic E-state index is 11.2. The molecule has 16 heavy (non-hydrogen) atoms. The van der Waals surface area contributed by atoms with Gasteiger partial charge in [-0.1, -0.05) is 6.92 Å². The molecule has 1 aliphatic heterocycles. The van der Waals surface area contributed by atoms with E-state index < -0.39 is 0 Å². The Morgan fingerprint density at radius 3 is 2.62 bits per heavy atom. The van der Waals surface area contributed by atoms with Gasteiger partial charge in [0.1, 0.15) is 0 Å². The molecule has 0 aromatic rings. The number of hydrogen-bond donors (Lipinski definition) is 3. The van der Waals surface area contributed by atoms with Gasteiger partial charge in [0, 0.05) is 39.3 Å². The van der Waals surface area contributed by atoms with Crippen molar-refractivity contribution >= 4 is 6.03 Å². The highest BCUT2D eigenvalue weighted by molar-refractivity contribution is 5.73. The van der Waals surface area contributed by atoms with Crippen LogP contribution in [0.3, 0.4) is 0 Å². The number of hydrogen-bond acceptors (Lipinski definition) is 3. The fraction of sp³-hybridized carbons (Fsp3) is 0.909. The lowest BCUT2D eigenvalue weighted by atomic mass is 10.3. The van der Waals surface area contributed by atoms with Gasteiger partial charge in [-0.15, -0.1) is 0 Å². The highest BCUT2D eigenvalue weighted by Gasteiger charge is 2.08. The fourth-order valence-electron chi connectivity index (χ4n) is 1.74. The van der Waals surface area contributed by atoms with Crippen molar-refractivity contribution in [3.05, 3.63) is 0 Å². The van der Waals surface area contributed by atoms with E-state index in [0.717, 1.165) is 58.7 Å². The standard InChI is InChI=1S/C11H24N4O/c1-2-4-13-11(16)14-5-3-8-15-9-6-12-7-10-15/h12H,2-10H2,1H3,(H2,13,14,16). The van der Waals surface area contributed by atoms with Crippen LogP contribution in [-0.4, -0.2) is 56.7 Å². The van der Waals surface area contributed by atoms with Crippen molar-refractivity contribution in [3.8, 4) is 0 Å². The monoisotopic (exact) mass is 228 g/mol. The molecule has 0 aliphatic carbocycles. The van der Waals surface area contributed by atoms with Gasteiger partial charge in [-0.05, 0) is 19.4 Å². The second-order valence-corrected chi connectivity index (χ2v) is 4.13. The molecule has 1 rings (SSSR count). The molecule has 1 saturated heterocycles. The maximum Gasteiger partial charge on any atom is 0.314 e. The molecule has 0 aromatic heterocycles. The Morgan fingerprint density at radius 1 is 1.25 bits per heavy atom. The van der Waals surface area contributed by atoms with Gasteiger partial charge in [-0.2, -0.15) is 0 Å². The number of carbonyl (C=O) groups excluding carboxylic acids is 1. The van der Waals surface area contributed by atoms with E-state index in [0.29, 0.717) is 0 Å². The Kier molecular flexibility index (Phi) is 6.92. The topological polar surface area (TPSA) is 56.4 Å². The van der Waals surface area contributed by atoms with Crippen LogP contribution >= 0.6 is 0 Å². The quantitative estimate of drug-likeness (QED) is 0.561. The zero-order valence-electron chi connectivity index (χ0n) is 10.2. The first-order valence-corrected chi connectivity index (χ1v) is 6.27. The Hall–Kier alpha value is -0.810. The van der Waals surface area contributed by atoms with Crippen molar-refractivity contribution in [2.45, 2.75) is 19.8 Å². The largest absolute Gasteiger partial charge is 0.338 e. The summed E-state index contributed by atoms with van der Waals surface area (Å²) in [6.07, 6.45) is 2.01. The molecule has 94 valence electrons. The number of rotatable bonds is 6. The SMILES string of the molecule is CCCNC(=O)NCCCN1CCNCC1. The third-order valence-electron chi connectivity index (χ3n) is 2.68. The molecule has 0 saturated carbocycles. The van der Waals surface area contributed by atoms with Crippen LogP contribution in [0.4, 0.5) is 4.79 Å². The number of nitrogens with one attached hydrogen (secondary N) is 3. The van der Waals surface area contributed by atoms with Crippen LogP contribution in [0, 0.1) is 0 Å². The zero-order valence-corrected chi connectivity index (χ0v) is 10.2. The minimum atomic E-state index is -0.0397. The van der Waals surface area contributed by atoms with Gasteiger partial charge in [0.05, 0.1) is 0 Å². The second-order valence-electron chi connectivity index (χ2n) is 4.13. The summed E-state index contributed by atoms with van der Waals surface area (Å²) in [6.45, 7) is 9.07. The molecule has 0 bridgehead atoms. The molecule has 2 amide bonds. The molecule has 0 unspecified atom stereocenters. The third-order valence-corrected chi connectivity index (χ3v) is 2.68. The molecule has 3 N–H and O–H groups in total. The van der Waals surface area contributed by atoms with E-state index in [-0.39, 0.29) is 6.03 Å². The summed E-state index contributed by atoms with van der Waals surface area (Å²) >= 11 is 0. The number of urea groups is 1. The summed E-state index contributed by atoms with van der Waals surface area (Å²) in [5, 5.41) is 8.99. The number of amides is 2. The first-order chi connectivity index (χ1) is 7.83. The van der Waals surface area contributed by atoms with E-state index in [9.17, 15) is 4.79 Å². The van der Waals surface area contributed by atoms with Gasteiger partial charge in [0.15, 0.2) is 0 Å². The highest BCUT2D eigenvalue weighted by atomic mass is 16.2. The Labute approximate surface area is 98.0 Å². The summed E-state index contributed by atoms with van der Waals surface area (Å²) in [5.74, 6) is 0. The van der Waals surface area contributed by atoms with Crippen molar-refractivity contribution in [2.75, 3.05) is 45.8 Å². The fourth-order valence-corrected chi connectivity index (χ4v) is 1.74. The molecule has 0 spiro atoms. The molecule has 1 aliphatic rings. The Morgan fingerprint density at radius 2 is 1.94 bits per heavy atom. The van der Waals surface area contributed by atoms with E-state index in [1.807, 2.05) is 6.92 Å². The van der Waals surface area contributed by atoms with Gasteiger partial charge in [0.2, 0.25) is 0 Å². The van der Waals surface area contributed by atoms with Crippen LogP contribution in [0.5, 0.6) is 0 Å². The van der Waals surface area contributed by atoms with Crippen LogP contribution < -0.4 is 16.0 Å². The third kappa shape index (κ3) is 5.92. The molecule has 1 fully saturated rings. The van der Waals surface area contributed by atoms with Gasteiger partial charge in [-0.3, -0.25) is 0 Å². The van der Waals surface area contributed by atoms with Gasteiger partial charge < -0.3 is 20.9 Å². The van der Waals surface area contributed by atoms with Crippen LogP contribution in [0.2, 0.25) is 0 Å². The van der Waals surface area contributed by atoms with Gasteiger partial charge in [-0.25, -0.2) is 4.79 Å². The van der Waals surface area contributed by atoms with E-state index in [4.69, 9.17) is 0 Å². The van der Waals surface area contributed by atoms with Crippen molar-refractivity contribution < 1.29 is 4.79 Å². The van der Waals surface area contributed by atoms with E-state index in [2.05, 4.69) is 20.9 Å².